The maximum atomic E-state index is 5.53. The first-order valence-corrected chi connectivity index (χ1v) is 10.9. The molecule has 6 heteroatoms. The smallest absolute Gasteiger partial charge is 0.161 e. The number of anilines is 2. The van der Waals surface area contributed by atoms with Gasteiger partial charge in [0.15, 0.2) is 5.82 Å². The molecule has 0 unspecified atom stereocenters. The van der Waals surface area contributed by atoms with Crippen molar-refractivity contribution in [3.05, 3.63) is 72.1 Å². The summed E-state index contributed by atoms with van der Waals surface area (Å²) in [6.07, 6.45) is 3.57. The van der Waals surface area contributed by atoms with Crippen LogP contribution in [0.2, 0.25) is 0 Å². The van der Waals surface area contributed by atoms with E-state index < -0.39 is 0 Å². The summed E-state index contributed by atoms with van der Waals surface area (Å²) in [5.41, 5.74) is 3.74. The Hall–Kier alpha value is -2.73. The molecule has 4 rings (SSSR count). The Balaban J connectivity index is 1.43. The van der Waals surface area contributed by atoms with Gasteiger partial charge < -0.3 is 14.5 Å². The fourth-order valence-corrected chi connectivity index (χ4v) is 4.46. The van der Waals surface area contributed by atoms with Crippen LogP contribution in [0.25, 0.3) is 0 Å². The van der Waals surface area contributed by atoms with Gasteiger partial charge in [0.2, 0.25) is 0 Å². The van der Waals surface area contributed by atoms with E-state index in [0.717, 1.165) is 54.2 Å². The van der Waals surface area contributed by atoms with Gasteiger partial charge in [0.1, 0.15) is 10.8 Å². The minimum absolute atomic E-state index is 0.896. The average Bonchev–Trinajstić information content (AvgIpc) is 2.79. The highest BCUT2D eigenvalue weighted by Crippen LogP contribution is 2.32. The maximum absolute atomic E-state index is 5.53. The molecule has 5 nitrogen and oxygen atoms in total. The van der Waals surface area contributed by atoms with Gasteiger partial charge in [-0.1, -0.05) is 53.7 Å². The topological polar surface area (TPSA) is 41.5 Å². The first-order chi connectivity index (χ1) is 14.2. The fraction of sp³-hybridized carbons (Fsp3) is 0.304. The van der Waals surface area contributed by atoms with Crippen LogP contribution in [0.5, 0.6) is 5.75 Å². The van der Waals surface area contributed by atoms with E-state index in [1.807, 2.05) is 12.1 Å². The molecule has 1 aromatic heterocycles. The number of piperazine rings is 1. The van der Waals surface area contributed by atoms with Crippen LogP contribution in [0.1, 0.15) is 11.1 Å². The van der Waals surface area contributed by atoms with Crippen LogP contribution in [0.15, 0.2) is 66.0 Å². The average molecular weight is 407 g/mol. The largest absolute Gasteiger partial charge is 0.495 e. The number of nitrogens with zero attached hydrogens (tertiary/aromatic N) is 4. The van der Waals surface area contributed by atoms with Crippen LogP contribution < -0.4 is 14.5 Å². The zero-order chi connectivity index (χ0) is 20.1. The second-order valence-electron chi connectivity index (χ2n) is 7.11. The van der Waals surface area contributed by atoms with Gasteiger partial charge in [-0.25, -0.2) is 9.97 Å². The standard InChI is InChI=1S/C23H26N4OS/c1-18-7-9-19(10-8-18)17-29-23-22(24-11-12-25-23)27-15-13-26(14-16-27)20-5-3-4-6-21(20)28-2/h3-12H,13-17H2,1-2H3. The molecule has 0 N–H and O–H groups in total. The summed E-state index contributed by atoms with van der Waals surface area (Å²) < 4.78 is 5.53. The molecule has 29 heavy (non-hydrogen) atoms. The van der Waals surface area contributed by atoms with E-state index in [1.165, 1.54) is 11.1 Å². The maximum Gasteiger partial charge on any atom is 0.161 e. The van der Waals surface area contributed by atoms with Crippen LogP contribution in [-0.4, -0.2) is 43.3 Å². The predicted octanol–water partition coefficient (Wildman–Crippen LogP) is 4.41. The van der Waals surface area contributed by atoms with Crippen LogP contribution in [0.3, 0.4) is 0 Å². The molecule has 2 heterocycles. The van der Waals surface area contributed by atoms with Crippen LogP contribution in [0.4, 0.5) is 11.5 Å². The third-order valence-corrected chi connectivity index (χ3v) is 6.19. The summed E-state index contributed by atoms with van der Waals surface area (Å²) in [5.74, 6) is 2.81. The Morgan fingerprint density at radius 2 is 1.59 bits per heavy atom. The summed E-state index contributed by atoms with van der Waals surface area (Å²) in [5, 5.41) is 0.999. The summed E-state index contributed by atoms with van der Waals surface area (Å²) in [4.78, 5) is 14.0. The molecule has 0 bridgehead atoms. The number of ether oxygens (including phenoxy) is 1. The highest BCUT2D eigenvalue weighted by molar-refractivity contribution is 7.98. The predicted molar refractivity (Wildman–Crippen MR) is 120 cm³/mol. The van der Waals surface area contributed by atoms with E-state index in [0.29, 0.717) is 0 Å². The van der Waals surface area contributed by atoms with Crippen molar-refractivity contribution in [3.8, 4) is 5.75 Å². The van der Waals surface area contributed by atoms with Crippen molar-refractivity contribution in [2.75, 3.05) is 43.1 Å². The van der Waals surface area contributed by atoms with Crippen molar-refractivity contribution in [3.63, 3.8) is 0 Å². The third kappa shape index (κ3) is 4.65. The minimum Gasteiger partial charge on any atom is -0.495 e. The number of methoxy groups -OCH3 is 1. The molecule has 1 aliphatic heterocycles. The van der Waals surface area contributed by atoms with Crippen molar-refractivity contribution in [1.82, 2.24) is 9.97 Å². The Morgan fingerprint density at radius 1 is 0.897 bits per heavy atom. The van der Waals surface area contributed by atoms with E-state index in [1.54, 1.807) is 31.3 Å². The van der Waals surface area contributed by atoms with Crippen molar-refractivity contribution in [2.24, 2.45) is 0 Å². The second kappa shape index (κ2) is 9.18. The Bertz CT molecular complexity index is 940. The summed E-state index contributed by atoms with van der Waals surface area (Å²) in [6.45, 7) is 5.80. The highest BCUT2D eigenvalue weighted by Gasteiger charge is 2.22. The molecule has 0 radical (unpaired) electrons. The lowest BCUT2D eigenvalue weighted by Crippen LogP contribution is -2.47. The number of hydrogen-bond acceptors (Lipinski definition) is 6. The van der Waals surface area contributed by atoms with Gasteiger partial charge in [0, 0.05) is 44.3 Å². The molecule has 0 saturated carbocycles. The van der Waals surface area contributed by atoms with Crippen molar-refractivity contribution >= 4 is 23.3 Å². The zero-order valence-electron chi connectivity index (χ0n) is 16.9. The van der Waals surface area contributed by atoms with Gasteiger partial charge in [-0.3, -0.25) is 0 Å². The molecule has 150 valence electrons. The number of aryl methyl sites for hydroxylation is 1. The molecule has 0 amide bonds. The molecule has 1 aliphatic rings. The van der Waals surface area contributed by atoms with Crippen molar-refractivity contribution < 1.29 is 4.74 Å². The molecule has 3 aromatic rings. The van der Waals surface area contributed by atoms with E-state index in [4.69, 9.17) is 4.74 Å². The number of para-hydroxylation sites is 2. The molecule has 0 atom stereocenters. The van der Waals surface area contributed by atoms with Gasteiger partial charge in [-0.05, 0) is 24.6 Å². The number of thioether (sulfide) groups is 1. The molecule has 1 fully saturated rings. The van der Waals surface area contributed by atoms with Crippen LogP contribution in [-0.2, 0) is 5.75 Å². The normalized spacial score (nSPS) is 14.1. The Labute approximate surface area is 176 Å². The van der Waals surface area contributed by atoms with Crippen molar-refractivity contribution in [2.45, 2.75) is 17.7 Å². The Kier molecular flexibility index (Phi) is 6.20. The number of rotatable bonds is 6. The minimum atomic E-state index is 0.896. The van der Waals surface area contributed by atoms with E-state index in [9.17, 15) is 0 Å². The number of aromatic nitrogens is 2. The molecular formula is C23H26N4OS. The summed E-state index contributed by atoms with van der Waals surface area (Å²) in [6, 6.07) is 16.9. The second-order valence-corrected chi connectivity index (χ2v) is 8.07. The lowest BCUT2D eigenvalue weighted by Gasteiger charge is -2.37. The molecule has 2 aromatic carbocycles. The first-order valence-electron chi connectivity index (χ1n) is 9.87. The van der Waals surface area contributed by atoms with Gasteiger partial charge in [-0.2, -0.15) is 0 Å². The van der Waals surface area contributed by atoms with E-state index in [-0.39, 0.29) is 0 Å². The monoisotopic (exact) mass is 406 g/mol. The molecule has 0 spiro atoms. The van der Waals surface area contributed by atoms with E-state index in [2.05, 4.69) is 63.1 Å². The SMILES string of the molecule is COc1ccccc1N1CCN(c2nccnc2SCc2ccc(C)cc2)CC1. The van der Waals surface area contributed by atoms with Crippen LogP contribution >= 0.6 is 11.8 Å². The lowest BCUT2D eigenvalue weighted by molar-refractivity contribution is 0.413. The van der Waals surface area contributed by atoms with Gasteiger partial charge in [-0.15, -0.1) is 0 Å². The quantitative estimate of drug-likeness (QED) is 0.565. The lowest BCUT2D eigenvalue weighted by atomic mass is 10.2. The van der Waals surface area contributed by atoms with Gasteiger partial charge in [0.25, 0.3) is 0 Å². The fourth-order valence-electron chi connectivity index (χ4n) is 3.52. The van der Waals surface area contributed by atoms with Crippen molar-refractivity contribution in [1.29, 1.82) is 0 Å². The Morgan fingerprint density at radius 3 is 2.34 bits per heavy atom. The molecular weight excluding hydrogens is 380 g/mol. The first kappa shape index (κ1) is 19.6. The molecule has 0 aliphatic carbocycles. The van der Waals surface area contributed by atoms with Gasteiger partial charge >= 0.3 is 0 Å². The third-order valence-electron chi connectivity index (χ3n) is 5.15. The summed E-state index contributed by atoms with van der Waals surface area (Å²) >= 11 is 1.75. The summed E-state index contributed by atoms with van der Waals surface area (Å²) in [7, 11) is 1.73. The highest BCUT2D eigenvalue weighted by atomic mass is 32.2. The number of benzene rings is 2. The van der Waals surface area contributed by atoms with E-state index >= 15 is 0 Å². The van der Waals surface area contributed by atoms with Crippen LogP contribution in [0, 0.1) is 6.92 Å². The number of hydrogen-bond donors (Lipinski definition) is 0. The zero-order valence-corrected chi connectivity index (χ0v) is 17.7. The molecule has 1 saturated heterocycles. The van der Waals surface area contributed by atoms with Gasteiger partial charge in [0.05, 0.1) is 12.8 Å².